The molecule has 0 saturated heterocycles. The summed E-state index contributed by atoms with van der Waals surface area (Å²) < 4.78 is 10.3. The van der Waals surface area contributed by atoms with Crippen molar-refractivity contribution in [3.8, 4) is 16.9 Å². The predicted octanol–water partition coefficient (Wildman–Crippen LogP) is 3.12. The molecule has 2 rings (SSSR count). The molecule has 0 bridgehead atoms. The van der Waals surface area contributed by atoms with Crippen LogP contribution in [-0.2, 0) is 4.74 Å². The molecule has 0 aliphatic carbocycles. The number of nitrogen functional groups attached to an aromatic ring is 1. The number of para-hydroxylation sites is 1. The normalized spacial score (nSPS) is 10.1. The van der Waals surface area contributed by atoms with Gasteiger partial charge in [0.2, 0.25) is 0 Å². The Morgan fingerprint density at radius 1 is 1.20 bits per heavy atom. The maximum Gasteiger partial charge on any atom is 0.339 e. The Labute approximate surface area is 118 Å². The highest BCUT2D eigenvalue weighted by atomic mass is 16.5. The van der Waals surface area contributed by atoms with Gasteiger partial charge in [0.25, 0.3) is 0 Å². The van der Waals surface area contributed by atoms with E-state index < -0.39 is 5.97 Å². The Hall–Kier alpha value is -2.49. The molecule has 0 aliphatic rings. The van der Waals surface area contributed by atoms with Gasteiger partial charge in [0.05, 0.1) is 19.3 Å². The second-order valence-corrected chi connectivity index (χ2v) is 4.22. The third-order valence-corrected chi connectivity index (χ3v) is 2.96. The first kappa shape index (κ1) is 13.9. The van der Waals surface area contributed by atoms with Crippen LogP contribution < -0.4 is 10.5 Å². The van der Waals surface area contributed by atoms with Crippen LogP contribution in [0.5, 0.6) is 5.75 Å². The van der Waals surface area contributed by atoms with Crippen LogP contribution in [0.2, 0.25) is 0 Å². The molecule has 2 aromatic rings. The van der Waals surface area contributed by atoms with Crippen molar-refractivity contribution < 1.29 is 14.3 Å². The summed E-state index contributed by atoms with van der Waals surface area (Å²) in [6, 6.07) is 13.0. The van der Waals surface area contributed by atoms with Crippen LogP contribution in [0.3, 0.4) is 0 Å². The van der Waals surface area contributed by atoms with Gasteiger partial charge < -0.3 is 15.2 Å². The van der Waals surface area contributed by atoms with Crippen molar-refractivity contribution in [3.63, 3.8) is 0 Å². The second-order valence-electron chi connectivity index (χ2n) is 4.22. The highest BCUT2D eigenvalue weighted by Gasteiger charge is 2.13. The third-order valence-electron chi connectivity index (χ3n) is 2.96. The summed E-state index contributed by atoms with van der Waals surface area (Å²) in [5.41, 5.74) is 8.34. The number of ether oxygens (including phenoxy) is 2. The van der Waals surface area contributed by atoms with Crippen LogP contribution in [0, 0.1) is 0 Å². The number of carbonyl (C=O) groups excluding carboxylic acids is 1. The van der Waals surface area contributed by atoms with E-state index in [-0.39, 0.29) is 0 Å². The Balaban J connectivity index is 2.51. The molecule has 0 saturated carbocycles. The van der Waals surface area contributed by atoms with Crippen molar-refractivity contribution >= 4 is 11.7 Å². The Bertz CT molecular complexity index is 623. The van der Waals surface area contributed by atoms with Crippen LogP contribution in [0.4, 0.5) is 5.69 Å². The van der Waals surface area contributed by atoms with Crippen LogP contribution in [0.25, 0.3) is 11.1 Å². The maximum absolute atomic E-state index is 11.7. The lowest BCUT2D eigenvalue weighted by Crippen LogP contribution is -2.05. The summed E-state index contributed by atoms with van der Waals surface area (Å²) in [4.78, 5) is 11.7. The van der Waals surface area contributed by atoms with E-state index in [0.29, 0.717) is 17.9 Å². The van der Waals surface area contributed by atoms with E-state index in [4.69, 9.17) is 15.2 Å². The molecule has 104 valence electrons. The minimum Gasteiger partial charge on any atom is -0.493 e. The minimum atomic E-state index is -0.446. The van der Waals surface area contributed by atoms with E-state index in [1.54, 1.807) is 12.1 Å². The highest BCUT2D eigenvalue weighted by Crippen LogP contribution is 2.31. The van der Waals surface area contributed by atoms with Crippen LogP contribution >= 0.6 is 0 Å². The van der Waals surface area contributed by atoms with E-state index in [0.717, 1.165) is 16.9 Å². The molecule has 0 atom stereocenters. The van der Waals surface area contributed by atoms with E-state index in [9.17, 15) is 4.79 Å². The van der Waals surface area contributed by atoms with E-state index in [2.05, 4.69) is 0 Å². The Kier molecular flexibility index (Phi) is 4.25. The molecule has 0 heterocycles. The number of hydrogen-bond acceptors (Lipinski definition) is 4. The molecular formula is C16H17NO3. The molecule has 2 N–H and O–H groups in total. The smallest absolute Gasteiger partial charge is 0.339 e. The van der Waals surface area contributed by atoms with Gasteiger partial charge in [0.1, 0.15) is 5.75 Å². The fourth-order valence-electron chi connectivity index (χ4n) is 2.00. The molecule has 0 unspecified atom stereocenters. The third kappa shape index (κ3) is 2.74. The van der Waals surface area contributed by atoms with Gasteiger partial charge in [-0.3, -0.25) is 0 Å². The average molecular weight is 271 g/mol. The van der Waals surface area contributed by atoms with Gasteiger partial charge in [-0.2, -0.15) is 0 Å². The zero-order chi connectivity index (χ0) is 14.5. The summed E-state index contributed by atoms with van der Waals surface area (Å²) >= 11 is 0. The minimum absolute atomic E-state index is 0.358. The first-order valence-corrected chi connectivity index (χ1v) is 6.37. The van der Waals surface area contributed by atoms with Crippen molar-refractivity contribution in [2.24, 2.45) is 0 Å². The number of benzene rings is 2. The summed E-state index contributed by atoms with van der Waals surface area (Å²) in [6.07, 6.45) is 0. The first-order valence-electron chi connectivity index (χ1n) is 6.37. The number of carbonyl (C=O) groups is 1. The monoisotopic (exact) mass is 271 g/mol. The van der Waals surface area contributed by atoms with E-state index >= 15 is 0 Å². The summed E-state index contributed by atoms with van der Waals surface area (Å²) in [5.74, 6) is 0.328. The largest absolute Gasteiger partial charge is 0.493 e. The van der Waals surface area contributed by atoms with Gasteiger partial charge in [-0.1, -0.05) is 24.3 Å². The van der Waals surface area contributed by atoms with Gasteiger partial charge in [0.15, 0.2) is 0 Å². The molecule has 20 heavy (non-hydrogen) atoms. The first-order chi connectivity index (χ1) is 9.67. The number of anilines is 1. The van der Waals surface area contributed by atoms with Gasteiger partial charge in [-0.25, -0.2) is 4.79 Å². The molecule has 2 aromatic carbocycles. The van der Waals surface area contributed by atoms with Gasteiger partial charge in [-0.15, -0.1) is 0 Å². The number of rotatable bonds is 4. The summed E-state index contributed by atoms with van der Waals surface area (Å²) in [7, 11) is 1.34. The number of esters is 1. The highest BCUT2D eigenvalue weighted by molar-refractivity contribution is 5.96. The lowest BCUT2D eigenvalue weighted by Gasteiger charge is -2.12. The zero-order valence-corrected chi connectivity index (χ0v) is 11.6. The van der Waals surface area contributed by atoms with Crippen molar-refractivity contribution in [2.75, 3.05) is 19.5 Å². The van der Waals surface area contributed by atoms with Gasteiger partial charge >= 0.3 is 5.97 Å². The van der Waals surface area contributed by atoms with Crippen LogP contribution in [-0.4, -0.2) is 19.7 Å². The van der Waals surface area contributed by atoms with Gasteiger partial charge in [0, 0.05) is 11.3 Å². The Morgan fingerprint density at radius 3 is 2.65 bits per heavy atom. The predicted molar refractivity (Wildman–Crippen MR) is 78.8 cm³/mol. The topological polar surface area (TPSA) is 61.5 Å². The molecule has 4 nitrogen and oxygen atoms in total. The fraction of sp³-hybridized carbons (Fsp3) is 0.188. The van der Waals surface area contributed by atoms with Crippen molar-refractivity contribution in [1.29, 1.82) is 0 Å². The number of nitrogens with two attached hydrogens (primary N) is 1. The molecular weight excluding hydrogens is 254 g/mol. The molecule has 0 spiro atoms. The number of methoxy groups -OCH3 is 1. The second kappa shape index (κ2) is 6.10. The van der Waals surface area contributed by atoms with Gasteiger partial charge in [-0.05, 0) is 30.7 Å². The van der Waals surface area contributed by atoms with Crippen LogP contribution in [0.15, 0.2) is 42.5 Å². The van der Waals surface area contributed by atoms with Crippen molar-refractivity contribution in [3.05, 3.63) is 48.0 Å². The summed E-state index contributed by atoms with van der Waals surface area (Å²) in [5, 5.41) is 0. The van der Waals surface area contributed by atoms with E-state index in [1.807, 2.05) is 37.3 Å². The number of hydrogen-bond donors (Lipinski definition) is 1. The zero-order valence-electron chi connectivity index (χ0n) is 11.6. The molecule has 0 radical (unpaired) electrons. The molecule has 0 aliphatic heterocycles. The Morgan fingerprint density at radius 2 is 1.95 bits per heavy atom. The summed E-state index contributed by atoms with van der Waals surface area (Å²) in [6.45, 7) is 2.51. The molecule has 4 heteroatoms. The van der Waals surface area contributed by atoms with Crippen molar-refractivity contribution in [1.82, 2.24) is 0 Å². The van der Waals surface area contributed by atoms with Crippen molar-refractivity contribution in [2.45, 2.75) is 6.92 Å². The lowest BCUT2D eigenvalue weighted by molar-refractivity contribution is 0.0602. The standard InChI is InChI=1S/C16H17NO3/c1-3-20-15-7-5-4-6-12(15)11-8-9-14(17)13(10-11)16(18)19-2/h4-10H,3,17H2,1-2H3. The SMILES string of the molecule is CCOc1ccccc1-c1ccc(N)c(C(=O)OC)c1. The molecule has 0 fully saturated rings. The molecule has 0 amide bonds. The van der Waals surface area contributed by atoms with Crippen LogP contribution in [0.1, 0.15) is 17.3 Å². The maximum atomic E-state index is 11.7. The quantitative estimate of drug-likeness (QED) is 0.685. The average Bonchev–Trinajstić information content (AvgIpc) is 2.48. The van der Waals surface area contributed by atoms with E-state index in [1.165, 1.54) is 7.11 Å². The fourth-order valence-corrected chi connectivity index (χ4v) is 2.00. The lowest BCUT2D eigenvalue weighted by atomic mass is 10.0. The molecule has 0 aromatic heterocycles.